The number of carbonyl (C=O) groups excluding carboxylic acids is 2. The quantitative estimate of drug-likeness (QED) is 0.526. The maximum absolute atomic E-state index is 13.4. The van der Waals surface area contributed by atoms with E-state index < -0.39 is 23.7 Å². The minimum absolute atomic E-state index is 0.246. The van der Waals surface area contributed by atoms with Crippen LogP contribution in [0, 0.1) is 0 Å². The zero-order valence-corrected chi connectivity index (χ0v) is 20.8. The molecule has 11 heteroatoms. The molecule has 1 aromatic carbocycles. The number of rotatable bonds is 5. The van der Waals surface area contributed by atoms with Crippen molar-refractivity contribution in [3.63, 3.8) is 0 Å². The van der Waals surface area contributed by atoms with Gasteiger partial charge < -0.3 is 19.4 Å². The molecule has 3 aromatic rings. The summed E-state index contributed by atoms with van der Waals surface area (Å²) < 4.78 is 15.7. The second-order valence-electron chi connectivity index (χ2n) is 8.71. The van der Waals surface area contributed by atoms with Crippen molar-refractivity contribution >= 4 is 35.4 Å². The van der Waals surface area contributed by atoms with E-state index in [1.807, 2.05) is 29.6 Å². The number of methoxy groups -OCH3 is 1. The van der Waals surface area contributed by atoms with Crippen molar-refractivity contribution in [2.45, 2.75) is 43.9 Å². The van der Waals surface area contributed by atoms with Crippen LogP contribution in [-0.2, 0) is 16.0 Å². The van der Waals surface area contributed by atoms with Gasteiger partial charge in [-0.25, -0.2) is 9.59 Å². The van der Waals surface area contributed by atoms with Crippen LogP contribution in [0.1, 0.15) is 48.3 Å². The van der Waals surface area contributed by atoms with Crippen LogP contribution in [-0.4, -0.2) is 44.7 Å². The highest BCUT2D eigenvalue weighted by molar-refractivity contribution is 7.99. The Morgan fingerprint density at radius 2 is 1.97 bits per heavy atom. The summed E-state index contributed by atoms with van der Waals surface area (Å²) in [6, 6.07) is 7.04. The fourth-order valence-electron chi connectivity index (χ4n) is 3.59. The van der Waals surface area contributed by atoms with Gasteiger partial charge in [-0.1, -0.05) is 28.8 Å². The van der Waals surface area contributed by atoms with E-state index in [-0.39, 0.29) is 12.1 Å². The Balaban J connectivity index is 1.67. The second-order valence-corrected chi connectivity index (χ2v) is 10.3. The normalized spacial score (nSPS) is 15.0. The second kappa shape index (κ2) is 9.59. The zero-order chi connectivity index (χ0) is 24.5. The molecule has 0 bridgehead atoms. The van der Waals surface area contributed by atoms with Gasteiger partial charge >= 0.3 is 12.1 Å². The zero-order valence-electron chi connectivity index (χ0n) is 19.2. The molecule has 4 rings (SSSR count). The molecule has 1 N–H and O–H groups in total. The minimum Gasteiger partial charge on any atom is -0.465 e. The van der Waals surface area contributed by atoms with Crippen molar-refractivity contribution in [2.75, 3.05) is 12.9 Å². The summed E-state index contributed by atoms with van der Waals surface area (Å²) in [4.78, 5) is 38.8. The molecular formula is C23H24N4O5S2. The Labute approximate surface area is 204 Å². The molecule has 1 aliphatic rings. The molecule has 1 aliphatic heterocycles. The lowest BCUT2D eigenvalue weighted by atomic mass is 10.1. The van der Waals surface area contributed by atoms with Crippen molar-refractivity contribution in [1.29, 1.82) is 0 Å². The first-order valence-corrected chi connectivity index (χ1v) is 12.3. The number of ether oxygens (including phenoxy) is 2. The topological polar surface area (TPSA) is 112 Å². The highest BCUT2D eigenvalue weighted by Gasteiger charge is 2.34. The SMILES string of the molecule is COC(=O)c1cn(Cc2ccc(-c3csnn3)cc2)c(=O)c2c1SC[C@@H]2NC(=O)OC(C)(C)C. The van der Waals surface area contributed by atoms with Crippen molar-refractivity contribution in [2.24, 2.45) is 0 Å². The molecule has 9 nitrogen and oxygen atoms in total. The van der Waals surface area contributed by atoms with Crippen LogP contribution in [0.5, 0.6) is 0 Å². The molecule has 0 saturated carbocycles. The maximum atomic E-state index is 13.4. The lowest BCUT2D eigenvalue weighted by molar-refractivity contribution is 0.0508. The number of benzene rings is 1. The first kappa shape index (κ1) is 24.0. The molecule has 2 aromatic heterocycles. The van der Waals surface area contributed by atoms with Gasteiger partial charge in [-0.15, -0.1) is 16.9 Å². The Morgan fingerprint density at radius 1 is 1.24 bits per heavy atom. The van der Waals surface area contributed by atoms with Gasteiger partial charge in [0.05, 0.1) is 30.8 Å². The first-order valence-electron chi connectivity index (χ1n) is 10.5. The number of fused-ring (bicyclic) bond motifs is 1. The smallest absolute Gasteiger partial charge is 0.408 e. The monoisotopic (exact) mass is 500 g/mol. The molecule has 1 atom stereocenters. The van der Waals surface area contributed by atoms with Crippen LogP contribution in [0.4, 0.5) is 4.79 Å². The van der Waals surface area contributed by atoms with E-state index in [1.165, 1.54) is 41.2 Å². The highest BCUT2D eigenvalue weighted by atomic mass is 32.2. The van der Waals surface area contributed by atoms with Gasteiger partial charge in [-0.2, -0.15) is 0 Å². The number of nitrogens with one attached hydrogen (secondary N) is 1. The lowest BCUT2D eigenvalue weighted by Crippen LogP contribution is -2.38. The van der Waals surface area contributed by atoms with E-state index in [4.69, 9.17) is 9.47 Å². The van der Waals surface area contributed by atoms with Crippen molar-refractivity contribution in [1.82, 2.24) is 19.5 Å². The predicted molar refractivity (Wildman–Crippen MR) is 129 cm³/mol. The van der Waals surface area contributed by atoms with E-state index in [1.54, 1.807) is 20.8 Å². The molecule has 0 unspecified atom stereocenters. The van der Waals surface area contributed by atoms with Crippen molar-refractivity contribution < 1.29 is 19.1 Å². The molecule has 1 amide bonds. The number of aromatic nitrogens is 3. The molecule has 3 heterocycles. The van der Waals surface area contributed by atoms with E-state index in [0.717, 1.165) is 16.8 Å². The third kappa shape index (κ3) is 5.15. The van der Waals surface area contributed by atoms with Crippen LogP contribution >= 0.6 is 23.3 Å². The fraction of sp³-hybridized carbons (Fsp3) is 0.348. The summed E-state index contributed by atoms with van der Waals surface area (Å²) >= 11 is 2.62. The molecule has 0 radical (unpaired) electrons. The highest BCUT2D eigenvalue weighted by Crippen LogP contribution is 2.39. The first-order chi connectivity index (χ1) is 16.2. The van der Waals surface area contributed by atoms with Gasteiger partial charge in [-0.05, 0) is 37.9 Å². The fourth-order valence-corrected chi connectivity index (χ4v) is 5.31. The summed E-state index contributed by atoms with van der Waals surface area (Å²) in [5, 5.41) is 8.69. The maximum Gasteiger partial charge on any atom is 0.408 e. The van der Waals surface area contributed by atoms with Gasteiger partial charge in [0.15, 0.2) is 0 Å². The molecule has 0 spiro atoms. The summed E-state index contributed by atoms with van der Waals surface area (Å²) in [6.45, 7) is 5.54. The standard InChI is InChI=1S/C23H24N4O5S2/c1-23(2,3)32-22(30)24-17-11-33-19-15(21(29)31-4)10-27(20(28)18(17)19)9-13-5-7-14(8-6-13)16-12-34-26-25-16/h5-8,10,12,17H,9,11H2,1-4H3,(H,24,30)/t17-/m0/s1. The van der Waals surface area contributed by atoms with Crippen LogP contribution < -0.4 is 10.9 Å². The van der Waals surface area contributed by atoms with Gasteiger partial charge in [0, 0.05) is 27.8 Å². The Bertz CT molecular complexity index is 1260. The van der Waals surface area contributed by atoms with Crippen molar-refractivity contribution in [3.8, 4) is 11.3 Å². The summed E-state index contributed by atoms with van der Waals surface area (Å²) in [5.41, 5.74) is 2.28. The van der Waals surface area contributed by atoms with Gasteiger partial charge in [0.1, 0.15) is 11.3 Å². The number of amides is 1. The van der Waals surface area contributed by atoms with Gasteiger partial charge in [0.2, 0.25) is 0 Å². The van der Waals surface area contributed by atoms with Crippen LogP contribution in [0.3, 0.4) is 0 Å². The van der Waals surface area contributed by atoms with Crippen LogP contribution in [0.2, 0.25) is 0 Å². The number of carbonyl (C=O) groups is 2. The third-order valence-electron chi connectivity index (χ3n) is 5.07. The molecule has 0 saturated heterocycles. The average molecular weight is 501 g/mol. The Hall–Kier alpha value is -3.18. The van der Waals surface area contributed by atoms with Crippen molar-refractivity contribution in [3.05, 3.63) is 62.9 Å². The summed E-state index contributed by atoms with van der Waals surface area (Å²) in [5.74, 6) is -0.129. The number of hydrogen-bond acceptors (Lipinski definition) is 9. The number of nitrogens with zero attached hydrogens (tertiary/aromatic N) is 3. The number of thioether (sulfide) groups is 1. The predicted octanol–water partition coefficient (Wildman–Crippen LogP) is 3.87. The van der Waals surface area contributed by atoms with Gasteiger partial charge in [0.25, 0.3) is 5.56 Å². The van der Waals surface area contributed by atoms with E-state index >= 15 is 0 Å². The molecule has 178 valence electrons. The van der Waals surface area contributed by atoms with Gasteiger partial charge in [-0.3, -0.25) is 4.79 Å². The number of hydrogen-bond donors (Lipinski definition) is 1. The minimum atomic E-state index is -0.673. The summed E-state index contributed by atoms with van der Waals surface area (Å²) in [7, 11) is 1.30. The largest absolute Gasteiger partial charge is 0.465 e. The Kier molecular flexibility index (Phi) is 6.76. The van der Waals surface area contributed by atoms with E-state index in [9.17, 15) is 14.4 Å². The van der Waals surface area contributed by atoms with Crippen LogP contribution in [0.25, 0.3) is 11.3 Å². The Morgan fingerprint density at radius 3 is 2.59 bits per heavy atom. The number of esters is 1. The molecular weight excluding hydrogens is 476 g/mol. The number of alkyl carbamates (subject to hydrolysis) is 1. The summed E-state index contributed by atoms with van der Waals surface area (Å²) in [6.07, 6.45) is 0.904. The van der Waals surface area contributed by atoms with E-state index in [0.29, 0.717) is 21.8 Å². The third-order valence-corrected chi connectivity index (χ3v) is 6.80. The molecule has 34 heavy (non-hydrogen) atoms. The molecule has 0 aliphatic carbocycles. The average Bonchev–Trinajstić information content (AvgIpc) is 3.45. The van der Waals surface area contributed by atoms with Crippen LogP contribution in [0.15, 0.2) is 45.5 Å². The molecule has 0 fully saturated rings. The number of pyridine rings is 1. The lowest BCUT2D eigenvalue weighted by Gasteiger charge is -2.22. The van der Waals surface area contributed by atoms with E-state index in [2.05, 4.69) is 14.9 Å².